The molecule has 0 bridgehead atoms. The van der Waals surface area contributed by atoms with Crippen molar-refractivity contribution >= 4 is 27.0 Å². The van der Waals surface area contributed by atoms with Gasteiger partial charge in [0.25, 0.3) is 0 Å². The number of alkyl halides is 3. The highest BCUT2D eigenvalue weighted by Gasteiger charge is 2.37. The Morgan fingerprint density at radius 1 is 0.848 bits per heavy atom. The average molecular weight is 497 g/mol. The van der Waals surface area contributed by atoms with Gasteiger partial charge in [0.15, 0.2) is 24.8 Å². The van der Waals surface area contributed by atoms with Gasteiger partial charge in [0.2, 0.25) is 0 Å². The molecule has 174 valence electrons. The van der Waals surface area contributed by atoms with Crippen LogP contribution in [0.15, 0.2) is 112 Å². The predicted molar refractivity (Wildman–Crippen MR) is 118 cm³/mol. The lowest BCUT2D eigenvalue weighted by Crippen LogP contribution is -2.21. The van der Waals surface area contributed by atoms with E-state index < -0.39 is 21.6 Å². The van der Waals surface area contributed by atoms with Crippen molar-refractivity contribution in [1.82, 2.24) is 0 Å². The Hall–Kier alpha value is -3.08. The molecular formula is C23H19F3O5S2. The first-order valence-electron chi connectivity index (χ1n) is 9.24. The van der Waals surface area contributed by atoms with E-state index in [0.29, 0.717) is 11.3 Å². The first kappa shape index (κ1) is 26.2. The van der Waals surface area contributed by atoms with E-state index in [1.807, 2.05) is 36.4 Å². The number of ether oxygens (including phenoxy) is 1. The SMILES string of the molecule is C=C(C)C(=O)Oc1ccc([S+](c2ccccc2)c2ccccc2)cc1.O=S(=O)([O-])C(F)(F)F. The van der Waals surface area contributed by atoms with E-state index >= 15 is 0 Å². The summed E-state index contributed by atoms with van der Waals surface area (Å²) >= 11 is 0. The van der Waals surface area contributed by atoms with Crippen LogP contribution in [0.3, 0.4) is 0 Å². The third-order valence-corrected chi connectivity index (χ3v) is 6.66. The molecule has 0 aliphatic carbocycles. The van der Waals surface area contributed by atoms with E-state index in [4.69, 9.17) is 17.7 Å². The van der Waals surface area contributed by atoms with Crippen LogP contribution in [0.5, 0.6) is 5.75 Å². The minimum atomic E-state index is -6.09. The highest BCUT2D eigenvalue weighted by atomic mass is 32.2. The topological polar surface area (TPSA) is 83.5 Å². The van der Waals surface area contributed by atoms with Gasteiger partial charge in [-0.2, -0.15) is 13.2 Å². The molecule has 5 nitrogen and oxygen atoms in total. The molecule has 0 fully saturated rings. The largest absolute Gasteiger partial charge is 0.741 e. The second-order valence-corrected chi connectivity index (χ2v) is 9.87. The summed E-state index contributed by atoms with van der Waals surface area (Å²) in [6.07, 6.45) is 0. The molecule has 10 heteroatoms. The molecule has 0 saturated carbocycles. The second kappa shape index (κ2) is 11.2. The Morgan fingerprint density at radius 3 is 1.55 bits per heavy atom. The maximum absolute atomic E-state index is 11.7. The van der Waals surface area contributed by atoms with Gasteiger partial charge in [-0.05, 0) is 55.5 Å². The van der Waals surface area contributed by atoms with Gasteiger partial charge in [0, 0.05) is 5.57 Å². The van der Waals surface area contributed by atoms with E-state index in [2.05, 4.69) is 55.1 Å². The molecule has 3 aromatic carbocycles. The van der Waals surface area contributed by atoms with Crippen molar-refractivity contribution in [2.24, 2.45) is 0 Å². The van der Waals surface area contributed by atoms with Crippen LogP contribution in [-0.4, -0.2) is 24.4 Å². The molecule has 3 rings (SSSR count). The molecule has 0 radical (unpaired) electrons. The maximum atomic E-state index is 11.7. The summed E-state index contributed by atoms with van der Waals surface area (Å²) in [5, 5.41) is 0. The normalized spacial score (nSPS) is 11.3. The van der Waals surface area contributed by atoms with Crippen molar-refractivity contribution < 1.29 is 35.7 Å². The zero-order chi connectivity index (χ0) is 24.6. The fourth-order valence-electron chi connectivity index (χ4n) is 2.36. The number of benzene rings is 3. The fourth-order valence-corrected chi connectivity index (χ4v) is 4.44. The minimum absolute atomic E-state index is 0.202. The lowest BCUT2D eigenvalue weighted by molar-refractivity contribution is -0.130. The minimum Gasteiger partial charge on any atom is -0.741 e. The van der Waals surface area contributed by atoms with Crippen molar-refractivity contribution in [3.05, 3.63) is 97.1 Å². The molecule has 0 saturated heterocycles. The van der Waals surface area contributed by atoms with E-state index in [1.165, 1.54) is 14.7 Å². The third kappa shape index (κ3) is 7.77. The van der Waals surface area contributed by atoms with Gasteiger partial charge in [0.1, 0.15) is 5.75 Å². The molecule has 0 aliphatic heterocycles. The number of halogens is 3. The summed E-state index contributed by atoms with van der Waals surface area (Å²) in [6, 6.07) is 28.6. The highest BCUT2D eigenvalue weighted by Crippen LogP contribution is 2.32. The van der Waals surface area contributed by atoms with Crippen molar-refractivity contribution in [2.75, 3.05) is 0 Å². The molecule has 0 aromatic heterocycles. The van der Waals surface area contributed by atoms with Crippen molar-refractivity contribution in [3.63, 3.8) is 0 Å². The van der Waals surface area contributed by atoms with E-state index in [9.17, 15) is 18.0 Å². The first-order chi connectivity index (χ1) is 15.4. The second-order valence-electron chi connectivity index (χ2n) is 6.47. The Balaban J connectivity index is 0.000000414. The summed E-state index contributed by atoms with van der Waals surface area (Å²) < 4.78 is 64.2. The monoisotopic (exact) mass is 496 g/mol. The molecule has 0 aliphatic rings. The summed E-state index contributed by atoms with van der Waals surface area (Å²) in [7, 11) is -6.29. The molecule has 0 amide bonds. The summed E-state index contributed by atoms with van der Waals surface area (Å²) in [5.74, 6) is 0.124. The standard InChI is InChI=1S/C22H19O2S.CHF3O3S/c1-17(2)22(23)24-18-13-15-21(16-14-18)25(19-9-5-3-6-10-19)20-11-7-4-8-12-20;2-1(3,4)8(5,6)7/h3-16H,1H2,2H3;(H,5,6,7)/q+1;/p-1. The van der Waals surface area contributed by atoms with Crippen molar-refractivity contribution in [1.29, 1.82) is 0 Å². The van der Waals surface area contributed by atoms with Crippen LogP contribution in [0.4, 0.5) is 13.2 Å². The van der Waals surface area contributed by atoms with Crippen molar-refractivity contribution in [3.8, 4) is 5.75 Å². The number of carbonyl (C=O) groups excluding carboxylic acids is 1. The summed E-state index contributed by atoms with van der Waals surface area (Å²) in [5.41, 5.74) is -5.26. The molecular weight excluding hydrogens is 477 g/mol. The Labute approximate surface area is 192 Å². The molecule has 33 heavy (non-hydrogen) atoms. The van der Waals surface area contributed by atoms with Crippen LogP contribution in [0.25, 0.3) is 0 Å². The van der Waals surface area contributed by atoms with Crippen LogP contribution < -0.4 is 4.74 Å². The number of hydrogen-bond acceptors (Lipinski definition) is 5. The Morgan fingerprint density at radius 2 is 1.21 bits per heavy atom. The number of esters is 1. The van der Waals surface area contributed by atoms with Gasteiger partial charge < -0.3 is 9.29 Å². The number of hydrogen-bond donors (Lipinski definition) is 0. The predicted octanol–water partition coefficient (Wildman–Crippen LogP) is 5.31. The van der Waals surface area contributed by atoms with E-state index in [0.717, 1.165) is 0 Å². The van der Waals surface area contributed by atoms with Gasteiger partial charge >= 0.3 is 11.5 Å². The fraction of sp³-hybridized carbons (Fsp3) is 0.0870. The van der Waals surface area contributed by atoms with Gasteiger partial charge in [0.05, 0.1) is 10.9 Å². The van der Waals surface area contributed by atoms with Crippen molar-refractivity contribution in [2.45, 2.75) is 27.1 Å². The molecule has 0 N–H and O–H groups in total. The first-order valence-corrected chi connectivity index (χ1v) is 11.9. The molecule has 3 aromatic rings. The quantitative estimate of drug-likeness (QED) is 0.119. The zero-order valence-corrected chi connectivity index (χ0v) is 18.9. The Bertz CT molecular complexity index is 1140. The van der Waals surface area contributed by atoms with E-state index in [1.54, 1.807) is 6.92 Å². The van der Waals surface area contributed by atoms with Crippen LogP contribution in [0.1, 0.15) is 6.92 Å². The summed E-state index contributed by atoms with van der Waals surface area (Å²) in [6.45, 7) is 5.24. The third-order valence-electron chi connectivity index (χ3n) is 3.86. The lowest BCUT2D eigenvalue weighted by Gasteiger charge is -2.09. The molecule has 0 atom stereocenters. The number of carbonyl (C=O) groups is 1. The van der Waals surface area contributed by atoms with Gasteiger partial charge in [-0.1, -0.05) is 43.0 Å². The van der Waals surface area contributed by atoms with E-state index in [-0.39, 0.29) is 10.9 Å². The van der Waals surface area contributed by atoms with Crippen LogP contribution in [0.2, 0.25) is 0 Å². The highest BCUT2D eigenvalue weighted by molar-refractivity contribution is 7.97. The maximum Gasteiger partial charge on any atom is 0.485 e. The smallest absolute Gasteiger partial charge is 0.485 e. The molecule has 0 heterocycles. The lowest BCUT2D eigenvalue weighted by atomic mass is 10.3. The number of rotatable bonds is 5. The van der Waals surface area contributed by atoms with Gasteiger partial charge in [-0.3, -0.25) is 0 Å². The van der Waals surface area contributed by atoms with Crippen LogP contribution >= 0.6 is 0 Å². The van der Waals surface area contributed by atoms with Crippen LogP contribution in [-0.2, 0) is 25.8 Å². The average Bonchev–Trinajstić information content (AvgIpc) is 2.76. The molecule has 0 unspecified atom stereocenters. The Kier molecular flexibility index (Phi) is 8.86. The van der Waals surface area contributed by atoms with Gasteiger partial charge in [-0.15, -0.1) is 0 Å². The summed E-state index contributed by atoms with van der Waals surface area (Å²) in [4.78, 5) is 15.3. The van der Waals surface area contributed by atoms with Gasteiger partial charge in [-0.25, -0.2) is 13.2 Å². The molecule has 0 spiro atoms. The van der Waals surface area contributed by atoms with Crippen LogP contribution in [0, 0.1) is 0 Å². The zero-order valence-electron chi connectivity index (χ0n) is 17.3.